The molecule has 2 unspecified atom stereocenters. The van der Waals surface area contributed by atoms with Crippen molar-refractivity contribution in [1.29, 1.82) is 0 Å². The highest BCUT2D eigenvalue weighted by molar-refractivity contribution is 6.33. The Morgan fingerprint density at radius 2 is 2.16 bits per heavy atom. The molecule has 1 aromatic rings. The Labute approximate surface area is 122 Å². The van der Waals surface area contributed by atoms with E-state index in [0.717, 1.165) is 24.0 Å². The van der Waals surface area contributed by atoms with Gasteiger partial charge in [0.15, 0.2) is 0 Å². The van der Waals surface area contributed by atoms with Crippen molar-refractivity contribution < 1.29 is 0 Å². The summed E-state index contributed by atoms with van der Waals surface area (Å²) >= 11 is 6.39. The molecule has 3 heteroatoms. The van der Waals surface area contributed by atoms with Gasteiger partial charge in [-0.2, -0.15) is 0 Å². The second-order valence-electron chi connectivity index (χ2n) is 6.19. The summed E-state index contributed by atoms with van der Waals surface area (Å²) in [6.45, 7) is 11.0. The molecule has 0 spiro atoms. The van der Waals surface area contributed by atoms with Gasteiger partial charge < -0.3 is 10.2 Å². The van der Waals surface area contributed by atoms with Gasteiger partial charge in [-0.15, -0.1) is 0 Å². The van der Waals surface area contributed by atoms with E-state index < -0.39 is 0 Å². The minimum Gasteiger partial charge on any atom is -0.365 e. The van der Waals surface area contributed by atoms with E-state index in [1.54, 1.807) is 0 Å². The Bertz CT molecular complexity index is 431. The van der Waals surface area contributed by atoms with Crippen molar-refractivity contribution >= 4 is 17.3 Å². The molecule has 1 aliphatic rings. The van der Waals surface area contributed by atoms with Crippen molar-refractivity contribution in [2.45, 2.75) is 46.2 Å². The number of benzene rings is 1. The number of aryl methyl sites for hydroxylation is 1. The lowest BCUT2D eigenvalue weighted by Gasteiger charge is -2.41. The molecular formula is C16H25ClN2. The van der Waals surface area contributed by atoms with Gasteiger partial charge in [-0.3, -0.25) is 0 Å². The molecule has 2 atom stereocenters. The molecule has 0 aliphatic carbocycles. The van der Waals surface area contributed by atoms with Crippen molar-refractivity contribution in [3.05, 3.63) is 28.8 Å². The van der Waals surface area contributed by atoms with E-state index in [4.69, 9.17) is 11.6 Å². The fourth-order valence-corrected chi connectivity index (χ4v) is 3.06. The van der Waals surface area contributed by atoms with E-state index in [1.165, 1.54) is 17.7 Å². The van der Waals surface area contributed by atoms with E-state index >= 15 is 0 Å². The molecule has 1 aromatic carbocycles. The maximum atomic E-state index is 6.39. The summed E-state index contributed by atoms with van der Waals surface area (Å²) in [5, 5.41) is 4.51. The minimum atomic E-state index is 0.489. The second kappa shape index (κ2) is 6.15. The normalized spacial score (nSPS) is 24.0. The summed E-state index contributed by atoms with van der Waals surface area (Å²) in [5.74, 6) is 0.723. The SMILES string of the molecule is Cc1ccc(Cl)c(N2CC(CC(C)C)NCC2C)c1. The Kier molecular flexibility index (Phi) is 4.75. The highest BCUT2D eigenvalue weighted by Gasteiger charge is 2.26. The van der Waals surface area contributed by atoms with Crippen LogP contribution in [0.4, 0.5) is 5.69 Å². The molecule has 1 heterocycles. The molecule has 0 aromatic heterocycles. The largest absolute Gasteiger partial charge is 0.365 e. The molecule has 2 rings (SSSR count). The van der Waals surface area contributed by atoms with E-state index in [-0.39, 0.29) is 0 Å². The smallest absolute Gasteiger partial charge is 0.0639 e. The van der Waals surface area contributed by atoms with Crippen molar-refractivity contribution in [2.75, 3.05) is 18.0 Å². The van der Waals surface area contributed by atoms with Crippen LogP contribution in [0.1, 0.15) is 32.8 Å². The van der Waals surface area contributed by atoms with Crippen LogP contribution in [0.25, 0.3) is 0 Å². The summed E-state index contributed by atoms with van der Waals surface area (Å²) in [5.41, 5.74) is 2.45. The zero-order valence-corrected chi connectivity index (χ0v) is 13.2. The molecule has 106 valence electrons. The number of rotatable bonds is 3. The molecule has 0 saturated carbocycles. The summed E-state index contributed by atoms with van der Waals surface area (Å²) in [4.78, 5) is 2.46. The van der Waals surface area contributed by atoms with Gasteiger partial charge in [-0.25, -0.2) is 0 Å². The van der Waals surface area contributed by atoms with Gasteiger partial charge in [-0.1, -0.05) is 31.5 Å². The standard InChI is InChI=1S/C16H25ClN2/c1-11(2)7-14-10-19(13(4)9-18-14)16-8-12(3)5-6-15(16)17/h5-6,8,11,13-14,18H,7,9-10H2,1-4H3. The number of nitrogens with zero attached hydrogens (tertiary/aromatic N) is 1. The molecule has 1 saturated heterocycles. The molecule has 1 fully saturated rings. The van der Waals surface area contributed by atoms with Gasteiger partial charge in [0.25, 0.3) is 0 Å². The van der Waals surface area contributed by atoms with Crippen LogP contribution >= 0.6 is 11.6 Å². The van der Waals surface area contributed by atoms with Crippen LogP contribution in [0.2, 0.25) is 5.02 Å². The first-order valence-electron chi connectivity index (χ1n) is 7.23. The third kappa shape index (κ3) is 3.64. The quantitative estimate of drug-likeness (QED) is 0.904. The Hall–Kier alpha value is -0.730. The van der Waals surface area contributed by atoms with Crippen molar-refractivity contribution in [1.82, 2.24) is 5.32 Å². The Balaban J connectivity index is 2.18. The van der Waals surface area contributed by atoms with Crippen molar-refractivity contribution in [2.24, 2.45) is 5.92 Å². The van der Waals surface area contributed by atoms with Crippen LogP contribution in [0, 0.1) is 12.8 Å². The van der Waals surface area contributed by atoms with Crippen LogP contribution in [-0.4, -0.2) is 25.2 Å². The first-order valence-corrected chi connectivity index (χ1v) is 7.61. The predicted molar refractivity (Wildman–Crippen MR) is 84.2 cm³/mol. The van der Waals surface area contributed by atoms with Gasteiger partial charge in [0, 0.05) is 25.2 Å². The first kappa shape index (κ1) is 14.7. The highest BCUT2D eigenvalue weighted by Crippen LogP contribution is 2.30. The molecule has 0 amide bonds. The van der Waals surface area contributed by atoms with Gasteiger partial charge in [0.05, 0.1) is 10.7 Å². The van der Waals surface area contributed by atoms with Crippen LogP contribution in [0.5, 0.6) is 0 Å². The molecule has 2 nitrogen and oxygen atoms in total. The lowest BCUT2D eigenvalue weighted by Crippen LogP contribution is -2.56. The third-order valence-corrected chi connectivity index (χ3v) is 4.14. The van der Waals surface area contributed by atoms with Crippen LogP contribution in [0.15, 0.2) is 18.2 Å². The van der Waals surface area contributed by atoms with Crippen LogP contribution in [0.3, 0.4) is 0 Å². The van der Waals surface area contributed by atoms with Gasteiger partial charge >= 0.3 is 0 Å². The fourth-order valence-electron chi connectivity index (χ4n) is 2.83. The number of hydrogen-bond acceptors (Lipinski definition) is 2. The van der Waals surface area contributed by atoms with Gasteiger partial charge in [0.1, 0.15) is 0 Å². The summed E-state index contributed by atoms with van der Waals surface area (Å²) < 4.78 is 0. The lowest BCUT2D eigenvalue weighted by atomic mass is 9.99. The van der Waals surface area contributed by atoms with E-state index in [9.17, 15) is 0 Å². The molecule has 1 N–H and O–H groups in total. The maximum Gasteiger partial charge on any atom is 0.0639 e. The lowest BCUT2D eigenvalue weighted by molar-refractivity contribution is 0.356. The van der Waals surface area contributed by atoms with E-state index in [2.05, 4.69) is 50.0 Å². The monoisotopic (exact) mass is 280 g/mol. The van der Waals surface area contributed by atoms with Crippen molar-refractivity contribution in [3.63, 3.8) is 0 Å². The molecular weight excluding hydrogens is 256 g/mol. The topological polar surface area (TPSA) is 15.3 Å². The fraction of sp³-hybridized carbons (Fsp3) is 0.625. The van der Waals surface area contributed by atoms with E-state index in [0.29, 0.717) is 12.1 Å². The van der Waals surface area contributed by atoms with Crippen LogP contribution in [-0.2, 0) is 0 Å². The maximum absolute atomic E-state index is 6.39. The molecule has 0 bridgehead atoms. The highest BCUT2D eigenvalue weighted by atomic mass is 35.5. The number of hydrogen-bond donors (Lipinski definition) is 1. The predicted octanol–water partition coefficient (Wildman–Crippen LogP) is 3.86. The first-order chi connectivity index (χ1) is 8.97. The molecule has 1 aliphatic heterocycles. The average Bonchev–Trinajstić information content (AvgIpc) is 2.34. The molecule has 0 radical (unpaired) electrons. The average molecular weight is 281 g/mol. The number of halogens is 1. The summed E-state index contributed by atoms with van der Waals surface area (Å²) in [6.07, 6.45) is 1.21. The van der Waals surface area contributed by atoms with Crippen LogP contribution < -0.4 is 10.2 Å². The zero-order chi connectivity index (χ0) is 14.0. The Morgan fingerprint density at radius 1 is 1.42 bits per heavy atom. The minimum absolute atomic E-state index is 0.489. The summed E-state index contributed by atoms with van der Waals surface area (Å²) in [6, 6.07) is 7.34. The number of anilines is 1. The number of piperazine rings is 1. The Morgan fingerprint density at radius 3 is 2.84 bits per heavy atom. The van der Waals surface area contributed by atoms with E-state index in [1.807, 2.05) is 6.07 Å². The molecule has 19 heavy (non-hydrogen) atoms. The number of nitrogens with one attached hydrogen (secondary N) is 1. The van der Waals surface area contributed by atoms with Crippen molar-refractivity contribution in [3.8, 4) is 0 Å². The van der Waals surface area contributed by atoms with Gasteiger partial charge in [0.2, 0.25) is 0 Å². The summed E-state index contributed by atoms with van der Waals surface area (Å²) in [7, 11) is 0. The second-order valence-corrected chi connectivity index (χ2v) is 6.60. The third-order valence-electron chi connectivity index (χ3n) is 3.82. The van der Waals surface area contributed by atoms with Gasteiger partial charge in [-0.05, 0) is 43.9 Å². The zero-order valence-electron chi connectivity index (χ0n) is 12.4.